The molecule has 1 fully saturated rings. The van der Waals surface area contributed by atoms with Crippen molar-refractivity contribution in [2.45, 2.75) is 23.5 Å². The molecule has 1 saturated heterocycles. The van der Waals surface area contributed by atoms with Crippen molar-refractivity contribution < 1.29 is 9.59 Å². The Kier molecular flexibility index (Phi) is 6.63. The second kappa shape index (κ2) is 8.95. The van der Waals surface area contributed by atoms with E-state index in [4.69, 9.17) is 28.9 Å². The van der Waals surface area contributed by atoms with Crippen LogP contribution < -0.4 is 5.73 Å². The Morgan fingerprint density at radius 3 is 2.59 bits per heavy atom. The number of hydrogen-bond acceptors (Lipinski definition) is 4. The van der Waals surface area contributed by atoms with Gasteiger partial charge in [0.2, 0.25) is 5.91 Å². The summed E-state index contributed by atoms with van der Waals surface area (Å²) in [7, 11) is 0. The molecule has 8 heteroatoms. The van der Waals surface area contributed by atoms with E-state index in [-0.39, 0.29) is 17.7 Å². The third-order valence-corrected chi connectivity index (χ3v) is 6.44. The number of carbonyl (C=O) groups excluding carboxylic acids is 2. The molecule has 2 aromatic rings. The lowest BCUT2D eigenvalue weighted by Crippen LogP contribution is -2.44. The minimum Gasteiger partial charge on any atom is -0.369 e. The summed E-state index contributed by atoms with van der Waals surface area (Å²) in [6.45, 7) is 0.961. The quantitative estimate of drug-likeness (QED) is 0.736. The second-order valence-corrected chi connectivity index (χ2v) is 8.15. The molecule has 1 unspecified atom stereocenters. The topological polar surface area (TPSA) is 76.3 Å². The molecule has 2 N–H and O–H groups in total. The van der Waals surface area contributed by atoms with E-state index < -0.39 is 0 Å². The number of halogens is 2. The van der Waals surface area contributed by atoms with Crippen molar-refractivity contribution in [1.29, 1.82) is 0 Å². The highest BCUT2D eigenvalue weighted by molar-refractivity contribution is 7.98. The van der Waals surface area contributed by atoms with Crippen LogP contribution in [0.5, 0.6) is 0 Å². The molecular weight excluding hydrogens is 405 g/mol. The summed E-state index contributed by atoms with van der Waals surface area (Å²) in [4.78, 5) is 31.1. The number of rotatable bonds is 5. The summed E-state index contributed by atoms with van der Waals surface area (Å²) in [5.74, 6) is -0.288. The molecule has 0 bridgehead atoms. The SMILES string of the molecule is NC(=O)C1CCCN(C(=O)c2cccc(CSc3c(Cl)cccc3Cl)n2)C1. The Labute approximate surface area is 172 Å². The van der Waals surface area contributed by atoms with E-state index in [1.54, 1.807) is 35.2 Å². The number of hydrogen-bond donors (Lipinski definition) is 1. The number of piperidine rings is 1. The normalized spacial score (nSPS) is 17.0. The van der Waals surface area contributed by atoms with Gasteiger partial charge in [0.05, 0.1) is 21.7 Å². The van der Waals surface area contributed by atoms with Gasteiger partial charge in [-0.3, -0.25) is 9.59 Å². The highest BCUT2D eigenvalue weighted by Gasteiger charge is 2.28. The van der Waals surface area contributed by atoms with Crippen molar-refractivity contribution in [1.82, 2.24) is 9.88 Å². The number of thioether (sulfide) groups is 1. The molecule has 1 aliphatic heterocycles. The van der Waals surface area contributed by atoms with Crippen LogP contribution >= 0.6 is 35.0 Å². The van der Waals surface area contributed by atoms with Crippen molar-refractivity contribution in [2.75, 3.05) is 13.1 Å². The molecule has 0 aliphatic carbocycles. The Bertz CT molecular complexity index is 842. The zero-order chi connectivity index (χ0) is 19.4. The second-order valence-electron chi connectivity index (χ2n) is 6.35. The first-order valence-corrected chi connectivity index (χ1v) is 10.3. The number of aromatic nitrogens is 1. The van der Waals surface area contributed by atoms with Crippen LogP contribution in [-0.2, 0) is 10.5 Å². The molecule has 1 aromatic heterocycles. The first-order valence-electron chi connectivity index (χ1n) is 8.57. The van der Waals surface area contributed by atoms with Gasteiger partial charge >= 0.3 is 0 Å². The molecule has 2 amide bonds. The maximum Gasteiger partial charge on any atom is 0.272 e. The molecule has 0 radical (unpaired) electrons. The summed E-state index contributed by atoms with van der Waals surface area (Å²) in [6, 6.07) is 10.7. The number of nitrogens with two attached hydrogens (primary N) is 1. The Balaban J connectivity index is 1.70. The zero-order valence-corrected chi connectivity index (χ0v) is 16.9. The van der Waals surface area contributed by atoms with Crippen LogP contribution in [0.3, 0.4) is 0 Å². The average Bonchev–Trinajstić information content (AvgIpc) is 2.67. The minimum atomic E-state index is -0.359. The number of nitrogens with zero attached hydrogens (tertiary/aromatic N) is 2. The first kappa shape index (κ1) is 20.0. The third kappa shape index (κ3) is 4.94. The maximum absolute atomic E-state index is 12.8. The van der Waals surface area contributed by atoms with Gasteiger partial charge < -0.3 is 10.6 Å². The summed E-state index contributed by atoms with van der Waals surface area (Å²) < 4.78 is 0. The molecular formula is C19H19Cl2N3O2S. The van der Waals surface area contributed by atoms with Gasteiger partial charge in [-0.1, -0.05) is 35.3 Å². The molecule has 2 heterocycles. The number of amides is 2. The smallest absolute Gasteiger partial charge is 0.272 e. The molecule has 1 atom stereocenters. The summed E-state index contributed by atoms with van der Waals surface area (Å²) in [5, 5.41) is 1.18. The van der Waals surface area contributed by atoms with Crippen LogP contribution in [0.4, 0.5) is 0 Å². The van der Waals surface area contributed by atoms with Crippen LogP contribution in [0.15, 0.2) is 41.3 Å². The van der Waals surface area contributed by atoms with Crippen molar-refractivity contribution in [3.63, 3.8) is 0 Å². The molecule has 1 aromatic carbocycles. The van der Waals surface area contributed by atoms with Crippen molar-refractivity contribution >= 4 is 46.8 Å². The predicted molar refractivity (Wildman–Crippen MR) is 108 cm³/mol. The minimum absolute atomic E-state index is 0.177. The lowest BCUT2D eigenvalue weighted by Gasteiger charge is -2.31. The Hall–Kier alpha value is -1.76. The van der Waals surface area contributed by atoms with E-state index in [1.165, 1.54) is 11.8 Å². The summed E-state index contributed by atoms with van der Waals surface area (Å²) >= 11 is 13.9. The van der Waals surface area contributed by atoms with Gasteiger partial charge in [0, 0.05) is 23.7 Å². The van der Waals surface area contributed by atoms with Crippen LogP contribution in [0.2, 0.25) is 10.0 Å². The average molecular weight is 424 g/mol. The van der Waals surface area contributed by atoms with Crippen LogP contribution in [-0.4, -0.2) is 34.8 Å². The van der Waals surface area contributed by atoms with Gasteiger partial charge in [0.1, 0.15) is 5.69 Å². The lowest BCUT2D eigenvalue weighted by atomic mass is 9.97. The highest BCUT2D eigenvalue weighted by atomic mass is 35.5. The standard InChI is InChI=1S/C19H19Cl2N3O2S/c20-14-6-2-7-15(21)17(14)27-11-13-5-1-8-16(23-13)19(26)24-9-3-4-12(10-24)18(22)25/h1-2,5-8,12H,3-4,9-11H2,(H2,22,25). The molecule has 3 rings (SSSR count). The van der Waals surface area contributed by atoms with E-state index >= 15 is 0 Å². The van der Waals surface area contributed by atoms with Crippen LogP contribution in [0, 0.1) is 5.92 Å². The van der Waals surface area contributed by atoms with Crippen LogP contribution in [0.1, 0.15) is 29.0 Å². The first-order chi connectivity index (χ1) is 13.0. The van der Waals surface area contributed by atoms with E-state index in [1.807, 2.05) is 6.07 Å². The maximum atomic E-state index is 12.8. The van der Waals surface area contributed by atoms with Crippen molar-refractivity contribution in [3.05, 3.63) is 57.8 Å². The van der Waals surface area contributed by atoms with Gasteiger partial charge in [-0.15, -0.1) is 11.8 Å². The lowest BCUT2D eigenvalue weighted by molar-refractivity contribution is -0.123. The monoisotopic (exact) mass is 423 g/mol. The number of pyridine rings is 1. The largest absolute Gasteiger partial charge is 0.369 e. The van der Waals surface area contributed by atoms with Crippen LogP contribution in [0.25, 0.3) is 0 Å². The number of likely N-dealkylation sites (tertiary alicyclic amines) is 1. The Morgan fingerprint density at radius 2 is 1.89 bits per heavy atom. The summed E-state index contributed by atoms with van der Waals surface area (Å²) in [5.41, 5.74) is 6.51. The van der Waals surface area contributed by atoms with Gasteiger partial charge in [-0.05, 0) is 37.1 Å². The number of primary amides is 1. The number of benzene rings is 1. The Morgan fingerprint density at radius 1 is 1.19 bits per heavy atom. The molecule has 27 heavy (non-hydrogen) atoms. The van der Waals surface area contributed by atoms with E-state index in [0.717, 1.165) is 23.4 Å². The fourth-order valence-corrected chi connectivity index (χ4v) is 4.59. The van der Waals surface area contributed by atoms with Gasteiger partial charge in [-0.25, -0.2) is 4.98 Å². The van der Waals surface area contributed by atoms with Gasteiger partial charge in [0.15, 0.2) is 0 Å². The molecule has 0 saturated carbocycles. The number of carbonyl (C=O) groups is 2. The molecule has 5 nitrogen and oxygen atoms in total. The highest BCUT2D eigenvalue weighted by Crippen LogP contribution is 2.35. The molecule has 1 aliphatic rings. The fourth-order valence-electron chi connectivity index (χ4n) is 3.00. The van der Waals surface area contributed by atoms with Gasteiger partial charge in [-0.2, -0.15) is 0 Å². The summed E-state index contributed by atoms with van der Waals surface area (Å²) in [6.07, 6.45) is 1.49. The van der Waals surface area contributed by atoms with E-state index in [2.05, 4.69) is 4.98 Å². The predicted octanol–water partition coefficient (Wildman–Crippen LogP) is 4.02. The molecule has 142 valence electrons. The van der Waals surface area contributed by atoms with Crippen molar-refractivity contribution in [3.8, 4) is 0 Å². The van der Waals surface area contributed by atoms with Gasteiger partial charge in [0.25, 0.3) is 5.91 Å². The fraction of sp³-hybridized carbons (Fsp3) is 0.316. The molecule has 0 spiro atoms. The van der Waals surface area contributed by atoms with Crippen molar-refractivity contribution in [2.24, 2.45) is 11.7 Å². The van der Waals surface area contributed by atoms with E-state index in [0.29, 0.717) is 34.6 Å². The van der Waals surface area contributed by atoms with E-state index in [9.17, 15) is 9.59 Å². The zero-order valence-electron chi connectivity index (χ0n) is 14.5. The third-order valence-electron chi connectivity index (χ3n) is 4.42.